The molecule has 0 amide bonds. The van der Waals surface area contributed by atoms with Crippen LogP contribution >= 0.6 is 22.6 Å². The highest BCUT2D eigenvalue weighted by atomic mass is 127. The molecule has 1 heterocycles. The van der Waals surface area contributed by atoms with Gasteiger partial charge in [0.2, 0.25) is 0 Å². The average Bonchev–Trinajstić information content (AvgIpc) is 2.43. The molecule has 3 nitrogen and oxygen atoms in total. The fraction of sp³-hybridized carbons (Fsp3) is 0.286. The standard InChI is InChI=1S/C14H14F2IN3/c1-3-6-18-14-12(17)8(2)19-13(20-14)9-4-5-10(15)11(16)7-9/h4-5,7H,3,6H2,1-2H3,(H,18,19,20). The zero-order chi connectivity index (χ0) is 14.7. The summed E-state index contributed by atoms with van der Waals surface area (Å²) in [6, 6.07) is 3.67. The maximum Gasteiger partial charge on any atom is 0.161 e. The Morgan fingerprint density at radius 3 is 2.60 bits per heavy atom. The van der Waals surface area contributed by atoms with Crippen molar-refractivity contribution in [3.05, 3.63) is 39.1 Å². The summed E-state index contributed by atoms with van der Waals surface area (Å²) in [5.41, 5.74) is 1.27. The molecule has 0 fully saturated rings. The van der Waals surface area contributed by atoms with Crippen LogP contribution in [0.2, 0.25) is 0 Å². The van der Waals surface area contributed by atoms with Gasteiger partial charge in [-0.3, -0.25) is 0 Å². The third-order valence-corrected chi connectivity index (χ3v) is 4.03. The van der Waals surface area contributed by atoms with E-state index in [0.717, 1.165) is 40.2 Å². The van der Waals surface area contributed by atoms with Gasteiger partial charge in [0.25, 0.3) is 0 Å². The summed E-state index contributed by atoms with van der Waals surface area (Å²) < 4.78 is 27.2. The van der Waals surface area contributed by atoms with Gasteiger partial charge in [-0.15, -0.1) is 0 Å². The third kappa shape index (κ3) is 3.23. The molecule has 0 radical (unpaired) electrons. The smallest absolute Gasteiger partial charge is 0.161 e. The van der Waals surface area contributed by atoms with Crippen LogP contribution in [-0.4, -0.2) is 16.5 Å². The predicted octanol–water partition coefficient (Wildman–Crippen LogP) is 4.16. The molecule has 0 aliphatic heterocycles. The molecule has 0 saturated heterocycles. The number of anilines is 1. The van der Waals surface area contributed by atoms with Crippen molar-refractivity contribution in [2.75, 3.05) is 11.9 Å². The molecule has 0 spiro atoms. The van der Waals surface area contributed by atoms with Crippen LogP contribution in [-0.2, 0) is 0 Å². The number of benzene rings is 1. The van der Waals surface area contributed by atoms with Gasteiger partial charge in [-0.25, -0.2) is 18.7 Å². The summed E-state index contributed by atoms with van der Waals surface area (Å²) in [4.78, 5) is 8.73. The number of aromatic nitrogens is 2. The Balaban J connectivity index is 2.45. The molecular weight excluding hydrogens is 375 g/mol. The van der Waals surface area contributed by atoms with Crippen molar-refractivity contribution in [1.29, 1.82) is 0 Å². The van der Waals surface area contributed by atoms with Gasteiger partial charge in [-0.2, -0.15) is 0 Å². The molecule has 0 bridgehead atoms. The molecule has 6 heteroatoms. The van der Waals surface area contributed by atoms with Gasteiger partial charge in [0, 0.05) is 12.1 Å². The second kappa shape index (κ2) is 6.43. The van der Waals surface area contributed by atoms with Crippen LogP contribution in [0, 0.1) is 22.1 Å². The van der Waals surface area contributed by atoms with Crippen LogP contribution in [0.4, 0.5) is 14.6 Å². The van der Waals surface area contributed by atoms with Crippen molar-refractivity contribution < 1.29 is 8.78 Å². The van der Waals surface area contributed by atoms with E-state index in [9.17, 15) is 8.78 Å². The highest BCUT2D eigenvalue weighted by Gasteiger charge is 2.12. The van der Waals surface area contributed by atoms with E-state index >= 15 is 0 Å². The lowest BCUT2D eigenvalue weighted by molar-refractivity contribution is 0.509. The van der Waals surface area contributed by atoms with Crippen molar-refractivity contribution in [2.24, 2.45) is 0 Å². The first kappa shape index (κ1) is 15.1. The number of rotatable bonds is 4. The van der Waals surface area contributed by atoms with Gasteiger partial charge < -0.3 is 5.32 Å². The lowest BCUT2D eigenvalue weighted by atomic mass is 10.2. The number of halogens is 3. The molecule has 0 unspecified atom stereocenters. The lowest BCUT2D eigenvalue weighted by Crippen LogP contribution is -2.07. The number of nitrogens with zero attached hydrogens (tertiary/aromatic N) is 2. The van der Waals surface area contributed by atoms with Crippen LogP contribution in [0.5, 0.6) is 0 Å². The Morgan fingerprint density at radius 2 is 1.95 bits per heavy atom. The van der Waals surface area contributed by atoms with Crippen LogP contribution < -0.4 is 5.32 Å². The normalized spacial score (nSPS) is 10.7. The van der Waals surface area contributed by atoms with E-state index in [4.69, 9.17) is 0 Å². The van der Waals surface area contributed by atoms with Crippen molar-refractivity contribution in [1.82, 2.24) is 9.97 Å². The van der Waals surface area contributed by atoms with E-state index in [1.54, 1.807) is 0 Å². The van der Waals surface area contributed by atoms with Gasteiger partial charge in [-0.1, -0.05) is 6.92 Å². The molecule has 2 rings (SSSR count). The molecule has 1 aromatic carbocycles. The first-order valence-electron chi connectivity index (χ1n) is 6.26. The molecule has 1 N–H and O–H groups in total. The van der Waals surface area contributed by atoms with Crippen LogP contribution in [0.15, 0.2) is 18.2 Å². The van der Waals surface area contributed by atoms with Gasteiger partial charge in [0.15, 0.2) is 17.5 Å². The fourth-order valence-corrected chi connectivity index (χ4v) is 2.12. The molecule has 0 aliphatic rings. The van der Waals surface area contributed by atoms with Crippen molar-refractivity contribution in [2.45, 2.75) is 20.3 Å². The summed E-state index contributed by atoms with van der Waals surface area (Å²) in [5.74, 6) is -0.661. The highest BCUT2D eigenvalue weighted by Crippen LogP contribution is 2.24. The van der Waals surface area contributed by atoms with Crippen LogP contribution in [0.25, 0.3) is 11.4 Å². The fourth-order valence-electron chi connectivity index (χ4n) is 1.68. The molecular formula is C14H14F2IN3. The average molecular weight is 389 g/mol. The Labute approximate surface area is 130 Å². The number of nitrogens with one attached hydrogen (secondary N) is 1. The lowest BCUT2D eigenvalue weighted by Gasteiger charge is -2.11. The van der Waals surface area contributed by atoms with Crippen molar-refractivity contribution in [3.8, 4) is 11.4 Å². The number of hydrogen-bond acceptors (Lipinski definition) is 3. The molecule has 0 saturated carbocycles. The second-order valence-electron chi connectivity index (χ2n) is 4.35. The van der Waals surface area contributed by atoms with Crippen molar-refractivity contribution in [3.63, 3.8) is 0 Å². The second-order valence-corrected chi connectivity index (χ2v) is 5.43. The summed E-state index contributed by atoms with van der Waals surface area (Å²) >= 11 is 2.17. The van der Waals surface area contributed by atoms with E-state index in [2.05, 4.69) is 44.8 Å². The van der Waals surface area contributed by atoms with Gasteiger partial charge >= 0.3 is 0 Å². The van der Waals surface area contributed by atoms with E-state index in [1.807, 2.05) is 6.92 Å². The Kier molecular flexibility index (Phi) is 4.85. The Bertz CT molecular complexity index is 632. The number of hydrogen-bond donors (Lipinski definition) is 1. The van der Waals surface area contributed by atoms with Gasteiger partial charge in [-0.05, 0) is 54.1 Å². The summed E-state index contributed by atoms with van der Waals surface area (Å²) in [6.45, 7) is 4.72. The monoisotopic (exact) mass is 389 g/mol. The Morgan fingerprint density at radius 1 is 1.20 bits per heavy atom. The van der Waals surface area contributed by atoms with Crippen molar-refractivity contribution >= 4 is 28.4 Å². The van der Waals surface area contributed by atoms with Gasteiger partial charge in [0.05, 0.1) is 9.26 Å². The highest BCUT2D eigenvalue weighted by molar-refractivity contribution is 14.1. The number of aryl methyl sites for hydroxylation is 1. The topological polar surface area (TPSA) is 37.8 Å². The maximum atomic E-state index is 13.3. The van der Waals surface area contributed by atoms with E-state index in [0.29, 0.717) is 11.4 Å². The van der Waals surface area contributed by atoms with E-state index < -0.39 is 11.6 Å². The van der Waals surface area contributed by atoms with Crippen LogP contribution in [0.1, 0.15) is 19.0 Å². The summed E-state index contributed by atoms with van der Waals surface area (Å²) in [7, 11) is 0. The molecule has 0 aliphatic carbocycles. The first-order chi connectivity index (χ1) is 9.52. The molecule has 20 heavy (non-hydrogen) atoms. The quantitative estimate of drug-likeness (QED) is 0.799. The summed E-state index contributed by atoms with van der Waals surface area (Å²) in [5, 5.41) is 3.21. The molecule has 1 aromatic heterocycles. The van der Waals surface area contributed by atoms with E-state index in [-0.39, 0.29) is 0 Å². The van der Waals surface area contributed by atoms with Gasteiger partial charge in [0.1, 0.15) is 5.82 Å². The maximum absolute atomic E-state index is 13.3. The largest absolute Gasteiger partial charge is 0.369 e. The summed E-state index contributed by atoms with van der Waals surface area (Å²) in [6.07, 6.45) is 0.972. The molecule has 0 atom stereocenters. The van der Waals surface area contributed by atoms with E-state index in [1.165, 1.54) is 6.07 Å². The predicted molar refractivity (Wildman–Crippen MR) is 83.6 cm³/mol. The van der Waals surface area contributed by atoms with Crippen LogP contribution in [0.3, 0.4) is 0 Å². The zero-order valence-corrected chi connectivity index (χ0v) is 13.3. The first-order valence-corrected chi connectivity index (χ1v) is 7.34. The molecule has 2 aromatic rings. The third-order valence-electron chi connectivity index (χ3n) is 2.74. The SMILES string of the molecule is CCCNc1nc(-c2ccc(F)c(F)c2)nc(C)c1I. The minimum absolute atomic E-state index is 0.389. The zero-order valence-electron chi connectivity index (χ0n) is 11.2. The molecule has 106 valence electrons. The Hall–Kier alpha value is -1.31. The minimum atomic E-state index is -0.898. The minimum Gasteiger partial charge on any atom is -0.369 e.